The zero-order chi connectivity index (χ0) is 11.0. The van der Waals surface area contributed by atoms with Crippen molar-refractivity contribution in [1.82, 2.24) is 0 Å². The second kappa shape index (κ2) is 3.84. The first kappa shape index (κ1) is 12.0. The summed E-state index contributed by atoms with van der Waals surface area (Å²) in [7, 11) is 0. The molecule has 0 heterocycles. The highest BCUT2D eigenvalue weighted by atomic mass is 16.3. The van der Waals surface area contributed by atoms with Crippen LogP contribution in [0.1, 0.15) is 60.3 Å². The van der Waals surface area contributed by atoms with Crippen LogP contribution in [0.25, 0.3) is 0 Å². The van der Waals surface area contributed by atoms with Crippen molar-refractivity contribution in [2.24, 2.45) is 17.3 Å². The largest absolute Gasteiger partial charge is 0.389 e. The molecule has 0 aliphatic heterocycles. The van der Waals surface area contributed by atoms with Gasteiger partial charge in [0.05, 0.1) is 5.60 Å². The third kappa shape index (κ3) is 2.31. The summed E-state index contributed by atoms with van der Waals surface area (Å²) in [4.78, 5) is 0. The second-order valence-electron chi connectivity index (χ2n) is 6.37. The molecule has 3 unspecified atom stereocenters. The maximum absolute atomic E-state index is 10.6. The van der Waals surface area contributed by atoms with E-state index < -0.39 is 5.60 Å². The van der Waals surface area contributed by atoms with E-state index in [2.05, 4.69) is 27.7 Å². The Labute approximate surface area is 88.9 Å². The van der Waals surface area contributed by atoms with E-state index in [0.717, 1.165) is 5.92 Å². The molecule has 1 rings (SSSR count). The standard InChI is InChI=1S/C13H26O/c1-10-7-6-8-11(9-10)13(5,14)12(2,3)4/h10-11,14H,6-9H2,1-5H3. The fraction of sp³-hybridized carbons (Fsp3) is 1.00. The average Bonchev–Trinajstić information content (AvgIpc) is 2.02. The van der Waals surface area contributed by atoms with Gasteiger partial charge in [0, 0.05) is 0 Å². The molecule has 3 atom stereocenters. The Morgan fingerprint density at radius 1 is 1.07 bits per heavy atom. The van der Waals surface area contributed by atoms with Crippen LogP contribution in [-0.4, -0.2) is 10.7 Å². The molecule has 1 N–H and O–H groups in total. The van der Waals surface area contributed by atoms with Gasteiger partial charge in [0.15, 0.2) is 0 Å². The van der Waals surface area contributed by atoms with E-state index in [9.17, 15) is 5.11 Å². The zero-order valence-corrected chi connectivity index (χ0v) is 10.4. The minimum absolute atomic E-state index is 0.00523. The van der Waals surface area contributed by atoms with Gasteiger partial charge in [-0.25, -0.2) is 0 Å². The molecule has 84 valence electrons. The summed E-state index contributed by atoms with van der Waals surface area (Å²) in [5, 5.41) is 10.6. The van der Waals surface area contributed by atoms with Crippen LogP contribution < -0.4 is 0 Å². The van der Waals surface area contributed by atoms with E-state index in [4.69, 9.17) is 0 Å². The summed E-state index contributed by atoms with van der Waals surface area (Å²) in [6, 6.07) is 0. The van der Waals surface area contributed by atoms with Gasteiger partial charge in [0.25, 0.3) is 0 Å². The first-order chi connectivity index (χ1) is 6.25. The lowest BCUT2D eigenvalue weighted by atomic mass is 9.64. The van der Waals surface area contributed by atoms with Crippen LogP contribution in [0.15, 0.2) is 0 Å². The maximum atomic E-state index is 10.6. The lowest BCUT2D eigenvalue weighted by Crippen LogP contribution is -2.48. The molecular formula is C13H26O. The van der Waals surface area contributed by atoms with Crippen LogP contribution in [-0.2, 0) is 0 Å². The molecule has 0 radical (unpaired) electrons. The molecule has 0 amide bonds. The third-order valence-electron chi connectivity index (χ3n) is 4.25. The quantitative estimate of drug-likeness (QED) is 0.682. The lowest BCUT2D eigenvalue weighted by molar-refractivity contribution is -0.104. The summed E-state index contributed by atoms with van der Waals surface area (Å²) in [5.41, 5.74) is -0.517. The van der Waals surface area contributed by atoms with E-state index in [1.807, 2.05) is 6.92 Å². The van der Waals surface area contributed by atoms with Crippen LogP contribution in [0, 0.1) is 17.3 Å². The summed E-state index contributed by atoms with van der Waals surface area (Å²) in [6.07, 6.45) is 5.04. The molecule has 0 spiro atoms. The van der Waals surface area contributed by atoms with Gasteiger partial charge in [-0.15, -0.1) is 0 Å². The summed E-state index contributed by atoms with van der Waals surface area (Å²) in [5.74, 6) is 1.29. The molecule has 14 heavy (non-hydrogen) atoms. The predicted molar refractivity (Wildman–Crippen MR) is 61.2 cm³/mol. The zero-order valence-electron chi connectivity index (χ0n) is 10.4. The van der Waals surface area contributed by atoms with Crippen molar-refractivity contribution < 1.29 is 5.11 Å². The summed E-state index contributed by atoms with van der Waals surface area (Å²) >= 11 is 0. The normalized spacial score (nSPS) is 33.9. The summed E-state index contributed by atoms with van der Waals surface area (Å²) < 4.78 is 0. The van der Waals surface area contributed by atoms with Crippen molar-refractivity contribution >= 4 is 0 Å². The molecule has 1 fully saturated rings. The molecule has 0 bridgehead atoms. The second-order valence-corrected chi connectivity index (χ2v) is 6.37. The van der Waals surface area contributed by atoms with Crippen molar-refractivity contribution in [2.75, 3.05) is 0 Å². The van der Waals surface area contributed by atoms with Crippen molar-refractivity contribution in [1.29, 1.82) is 0 Å². The van der Waals surface area contributed by atoms with Gasteiger partial charge in [-0.3, -0.25) is 0 Å². The molecular weight excluding hydrogens is 172 g/mol. The van der Waals surface area contributed by atoms with Crippen LogP contribution >= 0.6 is 0 Å². The van der Waals surface area contributed by atoms with E-state index in [0.29, 0.717) is 5.92 Å². The van der Waals surface area contributed by atoms with Gasteiger partial charge in [0.1, 0.15) is 0 Å². The number of hydrogen-bond acceptors (Lipinski definition) is 1. The minimum atomic E-state index is -0.512. The van der Waals surface area contributed by atoms with Gasteiger partial charge in [0.2, 0.25) is 0 Å². The highest BCUT2D eigenvalue weighted by molar-refractivity contribution is 4.94. The molecule has 1 saturated carbocycles. The topological polar surface area (TPSA) is 20.2 Å². The maximum Gasteiger partial charge on any atom is 0.0695 e. The lowest BCUT2D eigenvalue weighted by Gasteiger charge is -2.46. The molecule has 1 nitrogen and oxygen atoms in total. The Balaban J connectivity index is 2.71. The van der Waals surface area contributed by atoms with Crippen LogP contribution in [0.4, 0.5) is 0 Å². The van der Waals surface area contributed by atoms with E-state index >= 15 is 0 Å². The Kier molecular flexibility index (Phi) is 3.30. The van der Waals surface area contributed by atoms with Crippen molar-refractivity contribution in [2.45, 2.75) is 65.9 Å². The predicted octanol–water partition coefficient (Wildman–Crippen LogP) is 3.61. The van der Waals surface area contributed by atoms with E-state index in [1.54, 1.807) is 0 Å². The fourth-order valence-corrected chi connectivity index (χ4v) is 2.56. The van der Waals surface area contributed by atoms with Crippen LogP contribution in [0.3, 0.4) is 0 Å². The van der Waals surface area contributed by atoms with E-state index in [-0.39, 0.29) is 5.41 Å². The summed E-state index contributed by atoms with van der Waals surface area (Å²) in [6.45, 7) is 10.8. The van der Waals surface area contributed by atoms with Gasteiger partial charge >= 0.3 is 0 Å². The fourth-order valence-electron chi connectivity index (χ4n) is 2.56. The molecule has 1 heteroatoms. The molecule has 0 saturated heterocycles. The Morgan fingerprint density at radius 3 is 2.07 bits per heavy atom. The van der Waals surface area contributed by atoms with E-state index in [1.165, 1.54) is 25.7 Å². The molecule has 1 aliphatic rings. The van der Waals surface area contributed by atoms with Gasteiger partial charge in [-0.2, -0.15) is 0 Å². The average molecular weight is 198 g/mol. The van der Waals surface area contributed by atoms with Crippen molar-refractivity contribution in [3.63, 3.8) is 0 Å². The molecule has 0 aromatic carbocycles. The highest BCUT2D eigenvalue weighted by Crippen LogP contribution is 2.44. The highest BCUT2D eigenvalue weighted by Gasteiger charge is 2.43. The number of hydrogen-bond donors (Lipinski definition) is 1. The molecule has 0 aromatic rings. The SMILES string of the molecule is CC1CCCC(C(C)(O)C(C)(C)C)C1. The van der Waals surface area contributed by atoms with Crippen LogP contribution in [0.5, 0.6) is 0 Å². The monoisotopic (exact) mass is 198 g/mol. The Hall–Kier alpha value is -0.0400. The number of rotatable bonds is 1. The van der Waals surface area contributed by atoms with Gasteiger partial charge in [-0.05, 0) is 37.0 Å². The van der Waals surface area contributed by atoms with Crippen molar-refractivity contribution in [3.8, 4) is 0 Å². The molecule has 1 aliphatic carbocycles. The first-order valence-electron chi connectivity index (χ1n) is 5.97. The smallest absolute Gasteiger partial charge is 0.0695 e. The van der Waals surface area contributed by atoms with Crippen LogP contribution in [0.2, 0.25) is 0 Å². The molecule has 0 aromatic heterocycles. The Bertz CT molecular complexity index is 188. The minimum Gasteiger partial charge on any atom is -0.389 e. The van der Waals surface area contributed by atoms with Gasteiger partial charge < -0.3 is 5.11 Å². The third-order valence-corrected chi connectivity index (χ3v) is 4.25. The Morgan fingerprint density at radius 2 is 1.64 bits per heavy atom. The first-order valence-corrected chi connectivity index (χ1v) is 5.97. The van der Waals surface area contributed by atoms with Gasteiger partial charge in [-0.1, -0.05) is 40.5 Å². The van der Waals surface area contributed by atoms with Crippen molar-refractivity contribution in [3.05, 3.63) is 0 Å². The number of aliphatic hydroxyl groups is 1.